The number of Topliss-reactive ketones (excluding diaryl/α,β-unsaturated/α-hetero) is 1. The van der Waals surface area contributed by atoms with Crippen molar-refractivity contribution in [2.45, 2.75) is 13.8 Å². The van der Waals surface area contributed by atoms with Crippen LogP contribution in [0.5, 0.6) is 11.5 Å². The zero-order chi connectivity index (χ0) is 23.4. The number of pyridine rings is 1. The minimum atomic E-state index is 0.00377. The topological polar surface area (TPSA) is 42.7 Å². The number of rotatable bonds is 8. The molecule has 0 aliphatic carbocycles. The van der Waals surface area contributed by atoms with Crippen LogP contribution in [0.2, 0.25) is 0 Å². The van der Waals surface area contributed by atoms with Gasteiger partial charge in [0.15, 0.2) is 6.20 Å². The zero-order valence-corrected chi connectivity index (χ0v) is 19.5. The van der Waals surface area contributed by atoms with Crippen molar-refractivity contribution in [2.75, 3.05) is 27.3 Å². The van der Waals surface area contributed by atoms with E-state index >= 15 is 0 Å². The molecule has 0 atom stereocenters. The van der Waals surface area contributed by atoms with Crippen LogP contribution in [0.25, 0.3) is 17.3 Å². The fourth-order valence-corrected chi connectivity index (χ4v) is 4.03. The van der Waals surface area contributed by atoms with Crippen LogP contribution in [0.3, 0.4) is 0 Å². The van der Waals surface area contributed by atoms with Gasteiger partial charge in [-0.15, -0.1) is 0 Å². The lowest BCUT2D eigenvalue weighted by molar-refractivity contribution is -0.577. The summed E-state index contributed by atoms with van der Waals surface area (Å²) in [5.74, 6) is 1.53. The van der Waals surface area contributed by atoms with Gasteiger partial charge < -0.3 is 14.4 Å². The van der Waals surface area contributed by atoms with Gasteiger partial charge in [0.25, 0.3) is 11.5 Å². The fourth-order valence-electron chi connectivity index (χ4n) is 4.03. The Hall–Kier alpha value is -3.86. The molecule has 3 aromatic rings. The Balaban J connectivity index is 1.83. The summed E-state index contributed by atoms with van der Waals surface area (Å²) in [6, 6.07) is 19.4. The van der Waals surface area contributed by atoms with E-state index in [0.717, 1.165) is 47.0 Å². The number of allylic oxidation sites excluding steroid dienone is 1. The van der Waals surface area contributed by atoms with Crippen molar-refractivity contribution in [2.24, 2.45) is 0 Å². The van der Waals surface area contributed by atoms with Gasteiger partial charge in [-0.2, -0.15) is 4.57 Å². The molecule has 0 radical (unpaired) electrons. The molecule has 2 heterocycles. The van der Waals surface area contributed by atoms with E-state index in [1.165, 1.54) is 0 Å². The molecule has 0 fully saturated rings. The highest BCUT2D eigenvalue weighted by Crippen LogP contribution is 2.33. The maximum Gasteiger partial charge on any atom is 0.264 e. The van der Waals surface area contributed by atoms with E-state index in [4.69, 9.17) is 9.47 Å². The monoisotopic (exact) mass is 441 g/mol. The van der Waals surface area contributed by atoms with Crippen LogP contribution < -0.4 is 14.0 Å². The van der Waals surface area contributed by atoms with Crippen LogP contribution in [0.1, 0.15) is 41.0 Å². The van der Waals surface area contributed by atoms with Gasteiger partial charge >= 0.3 is 0 Å². The van der Waals surface area contributed by atoms with Gasteiger partial charge in [-0.25, -0.2) is 0 Å². The molecular weight excluding hydrogens is 412 g/mol. The second-order valence-corrected chi connectivity index (χ2v) is 7.76. The van der Waals surface area contributed by atoms with Gasteiger partial charge in [0.2, 0.25) is 5.70 Å². The summed E-state index contributed by atoms with van der Waals surface area (Å²) in [5.41, 5.74) is 4.98. The highest BCUT2D eigenvalue weighted by molar-refractivity contribution is 6.34. The Morgan fingerprint density at radius 2 is 1.42 bits per heavy atom. The number of hydrogen-bond acceptors (Lipinski definition) is 4. The molecule has 0 spiro atoms. The van der Waals surface area contributed by atoms with Gasteiger partial charge in [-0.3, -0.25) is 4.79 Å². The number of aromatic nitrogens is 1. The summed E-state index contributed by atoms with van der Waals surface area (Å²) in [4.78, 5) is 15.9. The van der Waals surface area contributed by atoms with Gasteiger partial charge in [-0.1, -0.05) is 12.1 Å². The number of benzene rings is 2. The van der Waals surface area contributed by atoms with Crippen molar-refractivity contribution in [3.05, 3.63) is 95.4 Å². The Morgan fingerprint density at radius 1 is 0.848 bits per heavy atom. The van der Waals surface area contributed by atoms with Gasteiger partial charge in [0, 0.05) is 30.8 Å². The van der Waals surface area contributed by atoms with Gasteiger partial charge in [-0.05, 0) is 73.6 Å². The van der Waals surface area contributed by atoms with Crippen molar-refractivity contribution < 1.29 is 18.8 Å². The number of carbonyl (C=O) groups excluding carboxylic acids is 1. The van der Waals surface area contributed by atoms with E-state index < -0.39 is 0 Å². The Kier molecular flexibility index (Phi) is 6.59. The Morgan fingerprint density at radius 3 is 1.97 bits per heavy atom. The molecule has 168 valence electrons. The quantitative estimate of drug-likeness (QED) is 0.466. The van der Waals surface area contributed by atoms with Crippen molar-refractivity contribution in [3.63, 3.8) is 0 Å². The minimum absolute atomic E-state index is 0.00377. The molecule has 4 rings (SSSR count). The molecule has 0 saturated carbocycles. The van der Waals surface area contributed by atoms with Crippen LogP contribution in [0.4, 0.5) is 0 Å². The third kappa shape index (κ3) is 4.40. The maximum atomic E-state index is 13.7. The highest BCUT2D eigenvalue weighted by Gasteiger charge is 2.40. The first-order chi connectivity index (χ1) is 16.1. The predicted octanol–water partition coefficient (Wildman–Crippen LogP) is 4.92. The summed E-state index contributed by atoms with van der Waals surface area (Å²) in [6.07, 6.45) is 6.11. The molecule has 0 saturated heterocycles. The molecule has 1 aromatic heterocycles. The summed E-state index contributed by atoms with van der Waals surface area (Å²) in [6.45, 7) is 6.14. The lowest BCUT2D eigenvalue weighted by Crippen LogP contribution is -2.34. The van der Waals surface area contributed by atoms with Crippen molar-refractivity contribution >= 4 is 23.1 Å². The number of nitrogens with zero attached hydrogens (tertiary/aromatic N) is 2. The highest BCUT2D eigenvalue weighted by atomic mass is 16.5. The average molecular weight is 442 g/mol. The third-order valence-corrected chi connectivity index (χ3v) is 5.95. The summed E-state index contributed by atoms with van der Waals surface area (Å²) < 4.78 is 12.6. The van der Waals surface area contributed by atoms with Crippen LogP contribution in [-0.4, -0.2) is 38.0 Å². The number of hydrogen-bond donors (Lipinski definition) is 0. The normalized spacial score (nSPS) is 12.9. The van der Waals surface area contributed by atoms with Gasteiger partial charge in [0.1, 0.15) is 17.1 Å². The van der Waals surface area contributed by atoms with Crippen LogP contribution in [0.15, 0.2) is 73.1 Å². The SMILES string of the molecule is CCN(C=Cc1cc[n+]2c(c1)C(=O)C(c1ccc(OC)cc1)=C2c1ccc(OC)cc1)CC. The van der Waals surface area contributed by atoms with E-state index in [-0.39, 0.29) is 5.78 Å². The van der Waals surface area contributed by atoms with Crippen LogP contribution >= 0.6 is 0 Å². The lowest BCUT2D eigenvalue weighted by Gasteiger charge is -2.14. The average Bonchev–Trinajstić information content (AvgIpc) is 3.16. The van der Waals surface area contributed by atoms with E-state index in [0.29, 0.717) is 11.3 Å². The van der Waals surface area contributed by atoms with Crippen molar-refractivity contribution in [1.29, 1.82) is 0 Å². The largest absolute Gasteiger partial charge is 0.497 e. The molecule has 0 amide bonds. The maximum absolute atomic E-state index is 13.7. The fraction of sp³-hybridized carbons (Fsp3) is 0.214. The molecule has 0 unspecified atom stereocenters. The van der Waals surface area contributed by atoms with E-state index in [1.807, 2.05) is 71.4 Å². The second-order valence-electron chi connectivity index (χ2n) is 7.76. The minimum Gasteiger partial charge on any atom is -0.497 e. The van der Waals surface area contributed by atoms with Crippen molar-refractivity contribution in [1.82, 2.24) is 4.90 Å². The summed E-state index contributed by atoms with van der Waals surface area (Å²) >= 11 is 0. The number of carbonyl (C=O) groups is 1. The molecular formula is C28H29N2O3+. The first-order valence-corrected chi connectivity index (χ1v) is 11.2. The predicted molar refractivity (Wildman–Crippen MR) is 131 cm³/mol. The molecule has 1 aliphatic heterocycles. The molecule has 5 nitrogen and oxygen atoms in total. The Labute approximate surface area is 195 Å². The van der Waals surface area contributed by atoms with E-state index in [2.05, 4.69) is 31.0 Å². The number of ether oxygens (including phenoxy) is 2. The van der Waals surface area contributed by atoms with Crippen LogP contribution in [0, 0.1) is 0 Å². The number of fused-ring (bicyclic) bond motifs is 1. The molecule has 0 bridgehead atoms. The molecule has 5 heteroatoms. The molecule has 33 heavy (non-hydrogen) atoms. The molecule has 0 N–H and O–H groups in total. The van der Waals surface area contributed by atoms with Crippen molar-refractivity contribution in [3.8, 4) is 11.5 Å². The third-order valence-electron chi connectivity index (χ3n) is 5.95. The number of ketones is 1. The van der Waals surface area contributed by atoms with Crippen LogP contribution in [-0.2, 0) is 0 Å². The zero-order valence-electron chi connectivity index (χ0n) is 19.5. The molecule has 2 aromatic carbocycles. The lowest BCUT2D eigenvalue weighted by atomic mass is 9.97. The Bertz CT molecular complexity index is 1200. The molecule has 1 aliphatic rings. The summed E-state index contributed by atoms with van der Waals surface area (Å²) in [7, 11) is 3.28. The smallest absolute Gasteiger partial charge is 0.264 e. The van der Waals surface area contributed by atoms with E-state index in [9.17, 15) is 4.79 Å². The number of methoxy groups -OCH3 is 2. The first-order valence-electron chi connectivity index (χ1n) is 11.2. The van der Waals surface area contributed by atoms with E-state index in [1.54, 1.807) is 14.2 Å². The van der Waals surface area contributed by atoms with Gasteiger partial charge in [0.05, 0.1) is 14.2 Å². The summed E-state index contributed by atoms with van der Waals surface area (Å²) in [5, 5.41) is 0. The second kappa shape index (κ2) is 9.74. The first kappa shape index (κ1) is 22.3. The standard InChI is InChI=1S/C28H29N2O3/c1-5-29(6-2)17-15-20-16-18-30-25(19-20)28(31)26(21-7-11-23(32-3)12-8-21)27(30)22-9-13-24(33-4)14-10-22/h7-19H,5-6H2,1-4H3/q+1.